The number of hydrogen-bond donors (Lipinski definition) is 2. The molecule has 1 heterocycles. The van der Waals surface area contributed by atoms with Crippen LogP contribution in [0, 0.1) is 0 Å². The Kier molecular flexibility index (Phi) is 5.04. The fraction of sp³-hybridized carbons (Fsp3) is 0.500. The van der Waals surface area contributed by atoms with Crippen molar-refractivity contribution in [2.45, 2.75) is 25.4 Å². The number of aromatic nitrogens is 1. The van der Waals surface area contributed by atoms with Crippen molar-refractivity contribution in [3.8, 4) is 0 Å². The molecule has 0 fully saturated rings. The molecule has 0 aliphatic heterocycles. The zero-order valence-electron chi connectivity index (χ0n) is 8.90. The van der Waals surface area contributed by atoms with Crippen LogP contribution in [0.15, 0.2) is 16.7 Å². The molecule has 1 amide bonds. The average Bonchev–Trinajstić information content (AvgIpc) is 2.62. The predicted octanol–water partition coefficient (Wildman–Crippen LogP) is 3.24. The summed E-state index contributed by atoms with van der Waals surface area (Å²) in [6, 6.07) is 1.60. The molecule has 0 saturated carbocycles. The van der Waals surface area contributed by atoms with Gasteiger partial charge >= 0.3 is 6.18 Å². The van der Waals surface area contributed by atoms with Crippen LogP contribution >= 0.6 is 15.9 Å². The molecule has 0 spiro atoms. The second-order valence-corrected chi connectivity index (χ2v) is 4.48. The number of carbonyl (C=O) groups excluding carboxylic acids is 1. The minimum Gasteiger partial charge on any atom is -0.356 e. The molecule has 17 heavy (non-hydrogen) atoms. The smallest absolute Gasteiger partial charge is 0.356 e. The van der Waals surface area contributed by atoms with Gasteiger partial charge in [-0.15, -0.1) is 0 Å². The molecule has 2 N–H and O–H groups in total. The molecule has 0 bridgehead atoms. The number of aromatic amines is 1. The van der Waals surface area contributed by atoms with Gasteiger partial charge in [-0.1, -0.05) is 0 Å². The van der Waals surface area contributed by atoms with E-state index in [2.05, 4.69) is 26.2 Å². The number of nitrogens with one attached hydrogen (secondary N) is 2. The van der Waals surface area contributed by atoms with Gasteiger partial charge in [-0.3, -0.25) is 4.79 Å². The number of H-pyrrole nitrogens is 1. The van der Waals surface area contributed by atoms with Crippen LogP contribution in [0.4, 0.5) is 13.2 Å². The summed E-state index contributed by atoms with van der Waals surface area (Å²) in [5.41, 5.74) is 0.382. The van der Waals surface area contributed by atoms with Crippen molar-refractivity contribution in [1.29, 1.82) is 0 Å². The number of hydrogen-bond acceptors (Lipinski definition) is 1. The Labute approximate surface area is 105 Å². The van der Waals surface area contributed by atoms with E-state index in [9.17, 15) is 18.0 Å². The number of amides is 1. The highest BCUT2D eigenvalue weighted by atomic mass is 79.9. The summed E-state index contributed by atoms with van der Waals surface area (Å²) in [5.74, 6) is -0.317. The molecule has 0 aliphatic carbocycles. The van der Waals surface area contributed by atoms with E-state index in [4.69, 9.17) is 0 Å². The molecule has 1 rings (SSSR count). The van der Waals surface area contributed by atoms with Crippen LogP contribution in [0.2, 0.25) is 0 Å². The number of unbranched alkanes of at least 4 members (excludes halogenated alkanes) is 1. The van der Waals surface area contributed by atoms with Crippen molar-refractivity contribution >= 4 is 21.8 Å². The predicted molar refractivity (Wildman–Crippen MR) is 60.7 cm³/mol. The highest BCUT2D eigenvalue weighted by molar-refractivity contribution is 9.10. The molecule has 0 aliphatic rings. The lowest BCUT2D eigenvalue weighted by Gasteiger charge is -2.06. The molecular weight excluding hydrogens is 301 g/mol. The zero-order valence-corrected chi connectivity index (χ0v) is 10.5. The van der Waals surface area contributed by atoms with Gasteiger partial charge < -0.3 is 10.3 Å². The quantitative estimate of drug-likeness (QED) is 0.805. The minimum atomic E-state index is -4.12. The van der Waals surface area contributed by atoms with Gasteiger partial charge in [0.2, 0.25) is 0 Å². The van der Waals surface area contributed by atoms with E-state index in [1.54, 1.807) is 12.3 Å². The molecule has 96 valence electrons. The Morgan fingerprint density at radius 3 is 2.65 bits per heavy atom. The molecule has 3 nitrogen and oxygen atoms in total. The highest BCUT2D eigenvalue weighted by Crippen LogP contribution is 2.21. The van der Waals surface area contributed by atoms with E-state index in [1.807, 2.05) is 0 Å². The summed E-state index contributed by atoms with van der Waals surface area (Å²) in [4.78, 5) is 14.2. The van der Waals surface area contributed by atoms with E-state index >= 15 is 0 Å². The van der Waals surface area contributed by atoms with E-state index in [1.165, 1.54) is 0 Å². The van der Waals surface area contributed by atoms with Crippen LogP contribution in [0.5, 0.6) is 0 Å². The topological polar surface area (TPSA) is 44.9 Å². The summed E-state index contributed by atoms with van der Waals surface area (Å²) in [6.45, 7) is 0.242. The molecule has 0 atom stereocenters. The van der Waals surface area contributed by atoms with Crippen molar-refractivity contribution in [2.75, 3.05) is 6.54 Å². The Balaban J connectivity index is 2.17. The molecule has 7 heteroatoms. The van der Waals surface area contributed by atoms with Gasteiger partial charge in [0.1, 0.15) is 5.69 Å². The third-order valence-corrected chi connectivity index (χ3v) is 2.52. The summed E-state index contributed by atoms with van der Waals surface area (Å²) in [7, 11) is 0. The van der Waals surface area contributed by atoms with E-state index in [0.717, 1.165) is 4.47 Å². The fourth-order valence-corrected chi connectivity index (χ4v) is 1.59. The molecule has 0 saturated heterocycles. The van der Waals surface area contributed by atoms with Gasteiger partial charge in [0.15, 0.2) is 0 Å². The van der Waals surface area contributed by atoms with Crippen LogP contribution in [-0.2, 0) is 0 Å². The van der Waals surface area contributed by atoms with Crippen LogP contribution < -0.4 is 5.32 Å². The average molecular weight is 313 g/mol. The summed E-state index contributed by atoms with van der Waals surface area (Å²) >= 11 is 3.18. The van der Waals surface area contributed by atoms with Crippen molar-refractivity contribution in [1.82, 2.24) is 10.3 Å². The Bertz CT molecular complexity index is 376. The number of halogens is 4. The fourth-order valence-electron chi connectivity index (χ4n) is 1.25. The lowest BCUT2D eigenvalue weighted by Crippen LogP contribution is -2.24. The SMILES string of the molecule is O=C(NCCCCC(F)(F)F)c1cc(Br)c[nH]1. The molecule has 0 radical (unpaired) electrons. The van der Waals surface area contributed by atoms with Crippen molar-refractivity contribution in [2.24, 2.45) is 0 Å². The lowest BCUT2D eigenvalue weighted by atomic mass is 10.2. The van der Waals surface area contributed by atoms with Crippen LogP contribution in [0.3, 0.4) is 0 Å². The van der Waals surface area contributed by atoms with Crippen LogP contribution in [-0.4, -0.2) is 23.6 Å². The van der Waals surface area contributed by atoms with Crippen molar-refractivity contribution < 1.29 is 18.0 Å². The van der Waals surface area contributed by atoms with Gasteiger partial charge in [0.05, 0.1) is 0 Å². The first-order chi connectivity index (χ1) is 7.88. The molecular formula is C10H12BrF3N2O. The number of rotatable bonds is 5. The number of alkyl halides is 3. The maximum atomic E-state index is 11.8. The minimum absolute atomic E-state index is 0.0260. The third kappa shape index (κ3) is 5.76. The monoisotopic (exact) mass is 312 g/mol. The van der Waals surface area contributed by atoms with Crippen molar-refractivity contribution in [3.05, 3.63) is 22.4 Å². The second kappa shape index (κ2) is 6.09. The van der Waals surface area contributed by atoms with Gasteiger partial charge in [0, 0.05) is 23.6 Å². The van der Waals surface area contributed by atoms with Gasteiger partial charge in [0.25, 0.3) is 5.91 Å². The number of carbonyl (C=O) groups is 1. The van der Waals surface area contributed by atoms with Crippen molar-refractivity contribution in [3.63, 3.8) is 0 Å². The summed E-state index contributed by atoms with van der Waals surface area (Å²) in [5, 5.41) is 2.54. The van der Waals surface area contributed by atoms with Gasteiger partial charge in [-0.2, -0.15) is 13.2 Å². The third-order valence-electron chi connectivity index (χ3n) is 2.06. The molecule has 0 unspecified atom stereocenters. The Hall–Kier alpha value is -0.980. The first kappa shape index (κ1) is 14.1. The van der Waals surface area contributed by atoms with Crippen LogP contribution in [0.25, 0.3) is 0 Å². The Morgan fingerprint density at radius 1 is 1.41 bits per heavy atom. The first-order valence-corrected chi connectivity index (χ1v) is 5.86. The second-order valence-electron chi connectivity index (χ2n) is 3.56. The zero-order chi connectivity index (χ0) is 12.9. The molecule has 1 aromatic rings. The van der Waals surface area contributed by atoms with E-state index in [-0.39, 0.29) is 18.9 Å². The Morgan fingerprint density at radius 2 is 2.12 bits per heavy atom. The summed E-state index contributed by atoms with van der Waals surface area (Å²) < 4.78 is 36.2. The highest BCUT2D eigenvalue weighted by Gasteiger charge is 2.25. The van der Waals surface area contributed by atoms with Gasteiger partial charge in [-0.05, 0) is 34.8 Å². The lowest BCUT2D eigenvalue weighted by molar-refractivity contribution is -0.135. The molecule has 1 aromatic heterocycles. The van der Waals surface area contributed by atoms with E-state index in [0.29, 0.717) is 12.1 Å². The summed E-state index contributed by atoms with van der Waals surface area (Å²) in [6.07, 6.45) is -2.98. The molecule has 0 aromatic carbocycles. The van der Waals surface area contributed by atoms with Crippen LogP contribution in [0.1, 0.15) is 29.8 Å². The maximum Gasteiger partial charge on any atom is 0.389 e. The first-order valence-electron chi connectivity index (χ1n) is 5.07. The maximum absolute atomic E-state index is 11.8. The normalized spacial score (nSPS) is 11.5. The van der Waals surface area contributed by atoms with Gasteiger partial charge in [-0.25, -0.2) is 0 Å². The standard InChI is InChI=1S/C10H12BrF3N2O/c11-7-5-8(16-6-7)9(17)15-4-2-1-3-10(12,13)14/h5-6,16H,1-4H2,(H,15,17). The largest absolute Gasteiger partial charge is 0.389 e. The van der Waals surface area contributed by atoms with E-state index < -0.39 is 12.6 Å².